The fraction of sp³-hybridized carbons (Fsp3) is 0.929. The molecule has 2 rings (SSSR count). The van der Waals surface area contributed by atoms with Gasteiger partial charge in [0.05, 0.1) is 11.7 Å². The number of hydrogen-bond acceptors (Lipinski definition) is 2. The largest absolute Gasteiger partial charge is 0.323 e. The molecule has 2 fully saturated rings. The molecule has 2 aliphatic rings. The minimum Gasteiger partial charge on any atom is -0.323 e. The summed E-state index contributed by atoms with van der Waals surface area (Å²) in [4.78, 5) is 14.7. The van der Waals surface area contributed by atoms with Crippen molar-refractivity contribution in [3.8, 4) is 0 Å². The first-order valence-electron chi connectivity index (χ1n) is 7.14. The Labute approximate surface area is 105 Å². The highest BCUT2D eigenvalue weighted by atomic mass is 16.2. The van der Waals surface area contributed by atoms with Crippen LogP contribution in [-0.4, -0.2) is 28.6 Å². The van der Waals surface area contributed by atoms with Gasteiger partial charge in [0.2, 0.25) is 5.91 Å². The summed E-state index contributed by atoms with van der Waals surface area (Å²) in [6.45, 7) is 8.53. The highest BCUT2D eigenvalue weighted by Crippen LogP contribution is 2.36. The first-order valence-corrected chi connectivity index (χ1v) is 7.14. The molecule has 1 saturated carbocycles. The van der Waals surface area contributed by atoms with Gasteiger partial charge in [0.15, 0.2) is 0 Å². The molecule has 3 heteroatoms. The normalized spacial score (nSPS) is 36.1. The van der Waals surface area contributed by atoms with Crippen LogP contribution in [0, 0.1) is 5.92 Å². The highest BCUT2D eigenvalue weighted by Gasteiger charge is 2.49. The van der Waals surface area contributed by atoms with Crippen LogP contribution in [0.4, 0.5) is 0 Å². The van der Waals surface area contributed by atoms with Gasteiger partial charge in [-0.3, -0.25) is 10.1 Å². The summed E-state index contributed by atoms with van der Waals surface area (Å²) in [5, 5.41) is 3.53. The van der Waals surface area contributed by atoms with Gasteiger partial charge in [0, 0.05) is 6.04 Å². The Balaban J connectivity index is 2.16. The van der Waals surface area contributed by atoms with Gasteiger partial charge in [-0.2, -0.15) is 0 Å². The van der Waals surface area contributed by atoms with E-state index in [9.17, 15) is 4.79 Å². The van der Waals surface area contributed by atoms with Crippen LogP contribution in [0.1, 0.15) is 59.8 Å². The third-order valence-corrected chi connectivity index (χ3v) is 4.89. The van der Waals surface area contributed by atoms with Crippen LogP contribution in [0.25, 0.3) is 0 Å². The first-order chi connectivity index (χ1) is 8.03. The Bertz CT molecular complexity index is 299. The molecule has 0 aromatic rings. The second-order valence-electron chi connectivity index (χ2n) is 5.90. The van der Waals surface area contributed by atoms with Crippen LogP contribution in [0.3, 0.4) is 0 Å². The summed E-state index contributed by atoms with van der Waals surface area (Å²) in [6.07, 6.45) is 6.04. The van der Waals surface area contributed by atoms with Gasteiger partial charge in [-0.1, -0.05) is 20.3 Å². The smallest absolute Gasteiger partial charge is 0.244 e. The molecule has 1 saturated heterocycles. The zero-order valence-corrected chi connectivity index (χ0v) is 11.6. The quantitative estimate of drug-likeness (QED) is 0.816. The van der Waals surface area contributed by atoms with Crippen molar-refractivity contribution in [1.29, 1.82) is 0 Å². The van der Waals surface area contributed by atoms with E-state index in [4.69, 9.17) is 0 Å². The summed E-state index contributed by atoms with van der Waals surface area (Å²) in [5.74, 6) is 1.04. The number of amides is 1. The molecule has 1 N–H and O–H groups in total. The second-order valence-corrected chi connectivity index (χ2v) is 5.90. The van der Waals surface area contributed by atoms with Crippen molar-refractivity contribution in [2.24, 2.45) is 5.92 Å². The Morgan fingerprint density at radius 3 is 2.53 bits per heavy atom. The number of nitrogens with one attached hydrogen (secondary N) is 1. The van der Waals surface area contributed by atoms with Gasteiger partial charge in [-0.15, -0.1) is 0 Å². The number of carbonyl (C=O) groups excluding carboxylic acids is 1. The molecule has 1 amide bonds. The minimum absolute atomic E-state index is 0.239. The van der Waals surface area contributed by atoms with E-state index in [1.807, 2.05) is 6.92 Å². The molecule has 1 aliphatic heterocycles. The number of hydrogen-bond donors (Lipinski definition) is 1. The van der Waals surface area contributed by atoms with Crippen molar-refractivity contribution in [3.05, 3.63) is 0 Å². The lowest BCUT2D eigenvalue weighted by molar-refractivity contribution is -0.136. The molecule has 0 aromatic heterocycles. The molecule has 0 aromatic carbocycles. The maximum absolute atomic E-state index is 12.6. The molecular formula is C14H26N2O. The van der Waals surface area contributed by atoms with Crippen LogP contribution >= 0.6 is 0 Å². The van der Waals surface area contributed by atoms with Crippen LogP contribution in [0.5, 0.6) is 0 Å². The first kappa shape index (κ1) is 12.9. The van der Waals surface area contributed by atoms with Crippen LogP contribution < -0.4 is 5.32 Å². The molecule has 0 bridgehead atoms. The van der Waals surface area contributed by atoms with Gasteiger partial charge >= 0.3 is 0 Å². The molecule has 1 heterocycles. The van der Waals surface area contributed by atoms with Crippen molar-refractivity contribution in [2.75, 3.05) is 0 Å². The molecule has 1 aliphatic carbocycles. The van der Waals surface area contributed by atoms with Crippen molar-refractivity contribution in [2.45, 2.75) is 77.5 Å². The predicted octanol–water partition coefficient (Wildman–Crippen LogP) is 2.51. The van der Waals surface area contributed by atoms with Crippen LogP contribution in [-0.2, 0) is 4.79 Å². The van der Waals surface area contributed by atoms with E-state index in [0.717, 1.165) is 18.8 Å². The molecule has 0 spiro atoms. The van der Waals surface area contributed by atoms with Crippen molar-refractivity contribution >= 4 is 5.91 Å². The topological polar surface area (TPSA) is 32.3 Å². The number of carbonyl (C=O) groups is 1. The predicted molar refractivity (Wildman–Crippen MR) is 69.6 cm³/mol. The van der Waals surface area contributed by atoms with E-state index < -0.39 is 0 Å². The van der Waals surface area contributed by atoms with Gasteiger partial charge in [-0.25, -0.2) is 0 Å². The average molecular weight is 238 g/mol. The number of rotatable bonds is 4. The fourth-order valence-electron chi connectivity index (χ4n) is 3.10. The Kier molecular flexibility index (Phi) is 3.48. The lowest BCUT2D eigenvalue weighted by Crippen LogP contribution is -2.48. The maximum Gasteiger partial charge on any atom is 0.244 e. The van der Waals surface area contributed by atoms with Crippen molar-refractivity contribution in [1.82, 2.24) is 10.2 Å². The van der Waals surface area contributed by atoms with Gasteiger partial charge in [0.1, 0.15) is 0 Å². The molecule has 3 nitrogen and oxygen atoms in total. The van der Waals surface area contributed by atoms with Crippen LogP contribution in [0.2, 0.25) is 0 Å². The zero-order chi connectivity index (χ0) is 12.6. The Morgan fingerprint density at radius 2 is 2.12 bits per heavy atom. The van der Waals surface area contributed by atoms with E-state index in [0.29, 0.717) is 11.9 Å². The second kappa shape index (κ2) is 4.60. The summed E-state index contributed by atoms with van der Waals surface area (Å²) < 4.78 is 0. The van der Waals surface area contributed by atoms with E-state index in [1.54, 1.807) is 0 Å². The molecule has 3 atom stereocenters. The van der Waals surface area contributed by atoms with Crippen LogP contribution in [0.15, 0.2) is 0 Å². The van der Waals surface area contributed by atoms with Crippen molar-refractivity contribution < 1.29 is 4.79 Å². The number of nitrogens with zero attached hydrogens (tertiary/aromatic N) is 1. The van der Waals surface area contributed by atoms with Gasteiger partial charge in [-0.05, 0) is 45.4 Å². The average Bonchev–Trinajstić information content (AvgIpc) is 2.50. The minimum atomic E-state index is -0.335. The molecule has 0 radical (unpaired) electrons. The maximum atomic E-state index is 12.6. The molecule has 17 heavy (non-hydrogen) atoms. The zero-order valence-electron chi connectivity index (χ0n) is 11.6. The highest BCUT2D eigenvalue weighted by molar-refractivity contribution is 5.88. The molecule has 98 valence electrons. The third kappa shape index (κ3) is 1.99. The van der Waals surface area contributed by atoms with Crippen molar-refractivity contribution in [3.63, 3.8) is 0 Å². The summed E-state index contributed by atoms with van der Waals surface area (Å²) in [6, 6.07) is 0.405. The van der Waals surface area contributed by atoms with E-state index in [-0.39, 0.29) is 11.7 Å². The summed E-state index contributed by atoms with van der Waals surface area (Å²) >= 11 is 0. The summed E-state index contributed by atoms with van der Waals surface area (Å²) in [7, 11) is 0. The summed E-state index contributed by atoms with van der Waals surface area (Å²) in [5.41, 5.74) is -0.335. The Morgan fingerprint density at radius 1 is 1.47 bits per heavy atom. The van der Waals surface area contributed by atoms with E-state index in [1.165, 1.54) is 19.3 Å². The lowest BCUT2D eigenvalue weighted by Gasteiger charge is -2.39. The monoisotopic (exact) mass is 238 g/mol. The fourth-order valence-corrected chi connectivity index (χ4v) is 3.10. The molecular weight excluding hydrogens is 212 g/mol. The van der Waals surface area contributed by atoms with Gasteiger partial charge < -0.3 is 4.90 Å². The Hall–Kier alpha value is -0.570. The SMILES string of the molecule is CCC1NC(C)(CC)C(=O)N1C(C)C1CCC1. The lowest BCUT2D eigenvalue weighted by atomic mass is 9.79. The molecule has 3 unspecified atom stereocenters. The third-order valence-electron chi connectivity index (χ3n) is 4.89. The standard InChI is InChI=1S/C14H26N2O/c1-5-12-15-14(4,6-2)13(17)16(12)10(3)11-8-7-9-11/h10-12,15H,5-9H2,1-4H3. The van der Waals surface area contributed by atoms with E-state index >= 15 is 0 Å². The van der Waals surface area contributed by atoms with E-state index in [2.05, 4.69) is 31.0 Å². The van der Waals surface area contributed by atoms with Gasteiger partial charge in [0.25, 0.3) is 0 Å².